The minimum atomic E-state index is -0.611. The van der Waals surface area contributed by atoms with Crippen LogP contribution < -0.4 is 5.73 Å². The summed E-state index contributed by atoms with van der Waals surface area (Å²) in [5.41, 5.74) is 5.81. The molecule has 1 heterocycles. The van der Waals surface area contributed by atoms with Crippen LogP contribution in [0.15, 0.2) is 0 Å². The number of aliphatic hydroxyl groups is 1. The Balaban J connectivity index is 2.86. The summed E-state index contributed by atoms with van der Waals surface area (Å²) in [6.45, 7) is 5.89. The molecule has 0 saturated carbocycles. The van der Waals surface area contributed by atoms with E-state index in [2.05, 4.69) is 23.9 Å². The molecule has 0 fully saturated rings. The topological polar surface area (TPSA) is 77.0 Å². The third-order valence-electron chi connectivity index (χ3n) is 2.25. The Hall–Kier alpha value is -0.940. The van der Waals surface area contributed by atoms with Gasteiger partial charge in [-0.3, -0.25) is 4.68 Å². The third kappa shape index (κ3) is 3.00. The van der Waals surface area contributed by atoms with E-state index in [1.165, 1.54) is 0 Å². The molecule has 2 atom stereocenters. The highest BCUT2D eigenvalue weighted by Gasteiger charge is 2.19. The lowest BCUT2D eigenvalue weighted by Gasteiger charge is -2.12. The first kappa shape index (κ1) is 12.1. The van der Waals surface area contributed by atoms with Gasteiger partial charge >= 0.3 is 0 Å². The van der Waals surface area contributed by atoms with Crippen LogP contribution in [0.1, 0.15) is 38.5 Å². The van der Waals surface area contributed by atoms with Crippen LogP contribution >= 0.6 is 0 Å². The molecule has 3 N–H and O–H groups in total. The average molecular weight is 212 g/mol. The van der Waals surface area contributed by atoms with Crippen LogP contribution in [0.5, 0.6) is 0 Å². The molecule has 86 valence electrons. The van der Waals surface area contributed by atoms with Crippen molar-refractivity contribution in [3.8, 4) is 0 Å². The molecule has 1 aromatic heterocycles. The summed E-state index contributed by atoms with van der Waals surface area (Å²) in [7, 11) is 1.80. The molecule has 0 radical (unpaired) electrons. The standard InChI is InChI=1S/C10H20N4O/c1-6(2)5-8-12-10(14(4)13-8)9(11)7(3)15/h6-7,9,15H,5,11H2,1-4H3. The first-order valence-electron chi connectivity index (χ1n) is 5.25. The third-order valence-corrected chi connectivity index (χ3v) is 2.25. The fourth-order valence-electron chi connectivity index (χ4n) is 1.41. The fourth-order valence-corrected chi connectivity index (χ4v) is 1.41. The molecule has 5 heteroatoms. The molecule has 0 amide bonds. The second-order valence-corrected chi connectivity index (χ2v) is 4.37. The average Bonchev–Trinajstić information content (AvgIpc) is 2.44. The Bertz CT molecular complexity index is 319. The lowest BCUT2D eigenvalue weighted by molar-refractivity contribution is 0.158. The highest BCUT2D eigenvalue weighted by molar-refractivity contribution is 5.00. The zero-order chi connectivity index (χ0) is 11.6. The van der Waals surface area contributed by atoms with Crippen LogP contribution in [-0.2, 0) is 13.5 Å². The van der Waals surface area contributed by atoms with Crippen LogP contribution in [0.25, 0.3) is 0 Å². The number of hydrogen-bond donors (Lipinski definition) is 2. The van der Waals surface area contributed by atoms with Crippen molar-refractivity contribution in [3.05, 3.63) is 11.6 Å². The van der Waals surface area contributed by atoms with E-state index in [4.69, 9.17) is 5.73 Å². The van der Waals surface area contributed by atoms with Crippen molar-refractivity contribution in [2.45, 2.75) is 39.3 Å². The fraction of sp³-hybridized carbons (Fsp3) is 0.800. The lowest BCUT2D eigenvalue weighted by atomic mass is 10.1. The largest absolute Gasteiger partial charge is 0.391 e. The van der Waals surface area contributed by atoms with Gasteiger partial charge in [0.1, 0.15) is 5.82 Å². The second kappa shape index (κ2) is 4.72. The van der Waals surface area contributed by atoms with Gasteiger partial charge in [-0.2, -0.15) is 5.10 Å². The van der Waals surface area contributed by atoms with E-state index >= 15 is 0 Å². The van der Waals surface area contributed by atoms with Crippen LogP contribution in [0.2, 0.25) is 0 Å². The zero-order valence-electron chi connectivity index (χ0n) is 9.81. The van der Waals surface area contributed by atoms with Gasteiger partial charge in [0.25, 0.3) is 0 Å². The Labute approximate surface area is 90.3 Å². The van der Waals surface area contributed by atoms with Crippen LogP contribution in [0.4, 0.5) is 0 Å². The van der Waals surface area contributed by atoms with Gasteiger partial charge in [0.15, 0.2) is 5.82 Å². The maximum Gasteiger partial charge on any atom is 0.151 e. The SMILES string of the molecule is CC(C)Cc1nc(C(N)C(C)O)n(C)n1. The van der Waals surface area contributed by atoms with Crippen molar-refractivity contribution in [2.24, 2.45) is 18.7 Å². The zero-order valence-corrected chi connectivity index (χ0v) is 9.81. The summed E-state index contributed by atoms with van der Waals surface area (Å²) in [4.78, 5) is 4.34. The molecule has 1 aromatic rings. The smallest absolute Gasteiger partial charge is 0.151 e. The number of aryl methyl sites for hydroxylation is 1. The van der Waals surface area contributed by atoms with Crippen LogP contribution in [0.3, 0.4) is 0 Å². The van der Waals surface area contributed by atoms with Crippen molar-refractivity contribution >= 4 is 0 Å². The monoisotopic (exact) mass is 212 g/mol. The summed E-state index contributed by atoms with van der Waals surface area (Å²) in [6, 6.07) is -0.469. The van der Waals surface area contributed by atoms with Gasteiger partial charge in [0.05, 0.1) is 12.1 Å². The highest BCUT2D eigenvalue weighted by atomic mass is 16.3. The van der Waals surface area contributed by atoms with Crippen molar-refractivity contribution in [2.75, 3.05) is 0 Å². The molecule has 0 aliphatic rings. The van der Waals surface area contributed by atoms with E-state index in [1.54, 1.807) is 18.7 Å². The Morgan fingerprint density at radius 1 is 1.40 bits per heavy atom. The number of rotatable bonds is 4. The molecular weight excluding hydrogens is 192 g/mol. The molecule has 0 bridgehead atoms. The summed E-state index contributed by atoms with van der Waals surface area (Å²) in [6.07, 6.45) is 0.222. The maximum absolute atomic E-state index is 9.38. The quantitative estimate of drug-likeness (QED) is 0.757. The summed E-state index contributed by atoms with van der Waals surface area (Å²) >= 11 is 0. The summed E-state index contributed by atoms with van der Waals surface area (Å²) in [5, 5.41) is 13.7. The molecule has 1 rings (SSSR count). The number of aliphatic hydroxyl groups excluding tert-OH is 1. The summed E-state index contributed by atoms with van der Waals surface area (Å²) in [5.74, 6) is 1.95. The van der Waals surface area contributed by atoms with Gasteiger partial charge in [-0.15, -0.1) is 0 Å². The minimum Gasteiger partial charge on any atom is -0.391 e. The summed E-state index contributed by atoms with van der Waals surface area (Å²) < 4.78 is 1.65. The van der Waals surface area contributed by atoms with E-state index in [-0.39, 0.29) is 0 Å². The van der Waals surface area contributed by atoms with Gasteiger partial charge in [0, 0.05) is 13.5 Å². The normalized spacial score (nSPS) is 15.7. The van der Waals surface area contributed by atoms with E-state index in [0.717, 1.165) is 12.2 Å². The van der Waals surface area contributed by atoms with Crippen LogP contribution in [-0.4, -0.2) is 26.0 Å². The first-order chi connectivity index (χ1) is 6.91. The van der Waals surface area contributed by atoms with Crippen molar-refractivity contribution < 1.29 is 5.11 Å². The molecule has 0 saturated heterocycles. The van der Waals surface area contributed by atoms with E-state index in [1.807, 2.05) is 0 Å². The molecule has 0 aliphatic heterocycles. The van der Waals surface area contributed by atoms with E-state index in [0.29, 0.717) is 11.7 Å². The van der Waals surface area contributed by atoms with Gasteiger partial charge in [-0.05, 0) is 12.8 Å². The van der Waals surface area contributed by atoms with E-state index in [9.17, 15) is 5.11 Å². The molecule has 15 heavy (non-hydrogen) atoms. The van der Waals surface area contributed by atoms with Gasteiger partial charge in [-0.1, -0.05) is 13.8 Å². The number of aromatic nitrogens is 3. The molecule has 5 nitrogen and oxygen atoms in total. The van der Waals surface area contributed by atoms with Gasteiger partial charge in [0.2, 0.25) is 0 Å². The van der Waals surface area contributed by atoms with Gasteiger partial charge in [-0.25, -0.2) is 4.98 Å². The van der Waals surface area contributed by atoms with Crippen LogP contribution in [0, 0.1) is 5.92 Å². The maximum atomic E-state index is 9.38. The second-order valence-electron chi connectivity index (χ2n) is 4.37. The van der Waals surface area contributed by atoms with Crippen molar-refractivity contribution in [3.63, 3.8) is 0 Å². The van der Waals surface area contributed by atoms with Crippen molar-refractivity contribution in [1.29, 1.82) is 0 Å². The molecule has 0 aliphatic carbocycles. The molecular formula is C10H20N4O. The predicted octanol–water partition coefficient (Wildman–Crippen LogP) is 0.394. The number of nitrogens with zero attached hydrogens (tertiary/aromatic N) is 3. The van der Waals surface area contributed by atoms with Gasteiger partial charge < -0.3 is 10.8 Å². The number of nitrogens with two attached hydrogens (primary N) is 1. The molecule has 2 unspecified atom stereocenters. The number of hydrogen-bond acceptors (Lipinski definition) is 4. The lowest BCUT2D eigenvalue weighted by Crippen LogP contribution is -2.26. The first-order valence-corrected chi connectivity index (χ1v) is 5.25. The predicted molar refractivity (Wildman–Crippen MR) is 58.2 cm³/mol. The molecule has 0 aromatic carbocycles. The highest BCUT2D eigenvalue weighted by Crippen LogP contribution is 2.12. The van der Waals surface area contributed by atoms with E-state index < -0.39 is 12.1 Å². The molecule has 0 spiro atoms. The van der Waals surface area contributed by atoms with Crippen molar-refractivity contribution in [1.82, 2.24) is 14.8 Å². The minimum absolute atomic E-state index is 0.469. The Kier molecular flexibility index (Phi) is 3.82. The Morgan fingerprint density at radius 3 is 2.47 bits per heavy atom. The Morgan fingerprint density at radius 2 is 2.00 bits per heavy atom.